The van der Waals surface area contributed by atoms with Crippen molar-refractivity contribution in [2.75, 3.05) is 7.11 Å². The maximum atomic E-state index is 6.76. The van der Waals surface area contributed by atoms with E-state index in [0.29, 0.717) is 0 Å². The highest BCUT2D eigenvalue weighted by molar-refractivity contribution is 7.74. The second-order valence-corrected chi connectivity index (χ2v) is 11.3. The molecule has 0 amide bonds. The number of methoxy groups -OCH3 is 1. The van der Waals surface area contributed by atoms with Crippen LogP contribution in [0.5, 0.6) is 0 Å². The van der Waals surface area contributed by atoms with Crippen LogP contribution < -0.4 is 10.6 Å². The molecule has 2 unspecified atom stereocenters. The predicted octanol–water partition coefficient (Wildman–Crippen LogP) is 7.47. The van der Waals surface area contributed by atoms with Crippen molar-refractivity contribution in [3.8, 4) is 0 Å². The van der Waals surface area contributed by atoms with E-state index in [1.165, 1.54) is 38.1 Å². The van der Waals surface area contributed by atoms with Gasteiger partial charge in [0.2, 0.25) is 0 Å². The minimum Gasteiger partial charge on any atom is -0.368 e. The van der Waals surface area contributed by atoms with Crippen LogP contribution in [-0.4, -0.2) is 12.5 Å². The number of fused-ring (bicyclic) bond motifs is 2. The average molecular weight is 471 g/mol. The van der Waals surface area contributed by atoms with Gasteiger partial charge in [-0.2, -0.15) is 0 Å². The maximum absolute atomic E-state index is 6.76. The van der Waals surface area contributed by atoms with Crippen molar-refractivity contribution in [2.24, 2.45) is 0 Å². The average Bonchev–Trinajstić information content (AvgIpc) is 2.94. The van der Waals surface area contributed by atoms with Crippen molar-refractivity contribution in [3.05, 3.63) is 150 Å². The van der Waals surface area contributed by atoms with E-state index in [4.69, 9.17) is 4.74 Å². The molecular formula is C33H27OP. The molecule has 2 atom stereocenters. The molecule has 0 saturated heterocycles. The van der Waals surface area contributed by atoms with Gasteiger partial charge in [-0.25, -0.2) is 0 Å². The fourth-order valence-electron chi connectivity index (χ4n) is 5.53. The third-order valence-electron chi connectivity index (χ3n) is 7.06. The van der Waals surface area contributed by atoms with Crippen molar-refractivity contribution < 1.29 is 4.74 Å². The highest BCUT2D eigenvalue weighted by Crippen LogP contribution is 2.61. The van der Waals surface area contributed by atoms with Crippen LogP contribution in [0.2, 0.25) is 0 Å². The molecule has 2 heteroatoms. The zero-order valence-corrected chi connectivity index (χ0v) is 20.6. The predicted molar refractivity (Wildman–Crippen MR) is 150 cm³/mol. The van der Waals surface area contributed by atoms with Gasteiger partial charge in [-0.05, 0) is 52.1 Å². The lowest BCUT2D eigenvalue weighted by Gasteiger charge is -2.47. The molecule has 0 aromatic heterocycles. The first-order chi connectivity index (χ1) is 17.3. The number of hydrogen-bond acceptors (Lipinski definition) is 1. The molecule has 1 aliphatic rings. The molecule has 0 bridgehead atoms. The van der Waals surface area contributed by atoms with Gasteiger partial charge in [0.25, 0.3) is 0 Å². The number of benzene rings is 5. The molecule has 170 valence electrons. The Hall–Kier alpha value is -3.51. The lowest BCUT2D eigenvalue weighted by molar-refractivity contribution is 0.0931. The van der Waals surface area contributed by atoms with E-state index < -0.39 is 13.3 Å². The van der Waals surface area contributed by atoms with Crippen molar-refractivity contribution in [3.63, 3.8) is 0 Å². The Morgan fingerprint density at radius 3 is 1.89 bits per heavy atom. The van der Waals surface area contributed by atoms with Gasteiger partial charge in [0.05, 0.1) is 0 Å². The molecular weight excluding hydrogens is 443 g/mol. The van der Waals surface area contributed by atoms with E-state index in [0.717, 1.165) is 0 Å². The van der Waals surface area contributed by atoms with Crippen molar-refractivity contribution in [1.82, 2.24) is 0 Å². The SMILES string of the molecule is COC1(P(c2ccccc2)c2ccccc2)C=Cc2ccccc2C1c1cccc2ccccc12. The Kier molecular flexibility index (Phi) is 5.82. The molecule has 5 aromatic rings. The summed E-state index contributed by atoms with van der Waals surface area (Å²) in [6, 6.07) is 46.0. The zero-order valence-electron chi connectivity index (χ0n) is 19.7. The third-order valence-corrected chi connectivity index (χ3v) is 9.98. The molecule has 5 aromatic carbocycles. The number of hydrogen-bond donors (Lipinski definition) is 0. The Morgan fingerprint density at radius 2 is 1.17 bits per heavy atom. The maximum Gasteiger partial charge on any atom is 0.124 e. The quantitative estimate of drug-likeness (QED) is 0.242. The molecule has 6 rings (SSSR count). The first-order valence-corrected chi connectivity index (χ1v) is 13.4. The molecule has 0 heterocycles. The minimum absolute atomic E-state index is 0.0336. The topological polar surface area (TPSA) is 9.23 Å². The number of rotatable bonds is 5. The summed E-state index contributed by atoms with van der Waals surface area (Å²) < 4.78 is 6.76. The van der Waals surface area contributed by atoms with Gasteiger partial charge in [0.1, 0.15) is 5.34 Å². The molecule has 1 nitrogen and oxygen atoms in total. The second kappa shape index (κ2) is 9.27. The van der Waals surface area contributed by atoms with E-state index in [2.05, 4.69) is 140 Å². The molecule has 0 saturated carbocycles. The Morgan fingerprint density at radius 1 is 0.600 bits per heavy atom. The van der Waals surface area contributed by atoms with E-state index in [1.54, 1.807) is 0 Å². The van der Waals surface area contributed by atoms with Crippen molar-refractivity contribution in [2.45, 2.75) is 11.3 Å². The van der Waals surface area contributed by atoms with Gasteiger partial charge in [-0.15, -0.1) is 0 Å². The van der Waals surface area contributed by atoms with E-state index in [1.807, 2.05) is 7.11 Å². The fourth-order valence-corrected chi connectivity index (χ4v) is 8.52. The molecule has 0 N–H and O–H groups in total. The lowest BCUT2D eigenvalue weighted by Crippen LogP contribution is -2.42. The second-order valence-electron chi connectivity index (χ2n) is 8.93. The monoisotopic (exact) mass is 470 g/mol. The molecule has 0 spiro atoms. The van der Waals surface area contributed by atoms with Gasteiger partial charge >= 0.3 is 0 Å². The van der Waals surface area contributed by atoms with Gasteiger partial charge in [-0.1, -0.05) is 133 Å². The summed E-state index contributed by atoms with van der Waals surface area (Å²) in [7, 11) is 0.981. The van der Waals surface area contributed by atoms with E-state index in [9.17, 15) is 0 Å². The first kappa shape index (κ1) is 22.0. The summed E-state index contributed by atoms with van der Waals surface area (Å²) >= 11 is 0. The molecule has 35 heavy (non-hydrogen) atoms. The Balaban J connectivity index is 1.69. The van der Waals surface area contributed by atoms with Crippen LogP contribution in [0.25, 0.3) is 16.8 Å². The van der Waals surface area contributed by atoms with Crippen LogP contribution in [0.4, 0.5) is 0 Å². The van der Waals surface area contributed by atoms with Gasteiger partial charge in [0.15, 0.2) is 0 Å². The van der Waals surface area contributed by atoms with Crippen LogP contribution in [-0.2, 0) is 4.74 Å². The van der Waals surface area contributed by atoms with Crippen LogP contribution >= 0.6 is 7.92 Å². The molecule has 0 radical (unpaired) electrons. The standard InChI is InChI=1S/C33H27OP/c1-34-33(35(27-16-4-2-5-17-27)28-18-6-3-7-19-28)24-23-26-14-9-11-21-30(26)32(33)31-22-12-15-25-13-8-10-20-29(25)31/h2-24,32H,1H3. The van der Waals surface area contributed by atoms with Gasteiger partial charge in [-0.3, -0.25) is 0 Å². The Bertz CT molecular complexity index is 1450. The highest BCUT2D eigenvalue weighted by Gasteiger charge is 2.49. The van der Waals surface area contributed by atoms with Gasteiger partial charge < -0.3 is 4.74 Å². The number of ether oxygens (including phenoxy) is 1. The summed E-state index contributed by atoms with van der Waals surface area (Å²) in [6.45, 7) is 0. The first-order valence-electron chi connectivity index (χ1n) is 12.0. The van der Waals surface area contributed by atoms with Crippen LogP contribution in [0, 0.1) is 0 Å². The van der Waals surface area contributed by atoms with E-state index >= 15 is 0 Å². The zero-order chi connectivity index (χ0) is 23.7. The summed E-state index contributed by atoms with van der Waals surface area (Å²) in [5, 5.41) is 4.60. The van der Waals surface area contributed by atoms with Gasteiger partial charge in [0, 0.05) is 13.0 Å². The highest BCUT2D eigenvalue weighted by atomic mass is 31.1. The molecule has 1 aliphatic carbocycles. The van der Waals surface area contributed by atoms with Crippen molar-refractivity contribution in [1.29, 1.82) is 0 Å². The normalized spacial score (nSPS) is 19.1. The third kappa shape index (κ3) is 3.73. The summed E-state index contributed by atoms with van der Waals surface area (Å²) in [4.78, 5) is 0. The molecule has 0 fully saturated rings. The minimum atomic E-state index is -0.905. The van der Waals surface area contributed by atoms with Crippen LogP contribution in [0.15, 0.2) is 133 Å². The summed E-state index contributed by atoms with van der Waals surface area (Å²) in [6.07, 6.45) is 4.61. The molecule has 0 aliphatic heterocycles. The van der Waals surface area contributed by atoms with E-state index in [-0.39, 0.29) is 5.92 Å². The fraction of sp³-hybridized carbons (Fsp3) is 0.0909. The Labute approximate surface area is 208 Å². The van der Waals surface area contributed by atoms with Crippen LogP contribution in [0.3, 0.4) is 0 Å². The summed E-state index contributed by atoms with van der Waals surface area (Å²) in [5.41, 5.74) is 3.88. The van der Waals surface area contributed by atoms with Crippen LogP contribution in [0.1, 0.15) is 22.6 Å². The van der Waals surface area contributed by atoms with Crippen molar-refractivity contribution >= 4 is 35.4 Å². The smallest absolute Gasteiger partial charge is 0.124 e. The summed E-state index contributed by atoms with van der Waals surface area (Å²) in [5.74, 6) is 0.0336. The lowest BCUT2D eigenvalue weighted by atomic mass is 9.78. The largest absolute Gasteiger partial charge is 0.368 e.